The summed E-state index contributed by atoms with van der Waals surface area (Å²) in [5, 5.41) is 0. The first kappa shape index (κ1) is 15.9. The van der Waals surface area contributed by atoms with Crippen molar-refractivity contribution < 1.29 is 18.3 Å². The van der Waals surface area contributed by atoms with E-state index in [4.69, 9.17) is 4.74 Å². The fourth-order valence-corrected chi connectivity index (χ4v) is 2.31. The van der Waals surface area contributed by atoms with Crippen LogP contribution in [0.25, 0.3) is 0 Å². The molecule has 1 aromatic carbocycles. The molecule has 21 heavy (non-hydrogen) atoms. The minimum atomic E-state index is -0.823. The molecule has 0 aromatic heterocycles. The maximum Gasteiger partial charge on any atom is 0.256 e. The van der Waals surface area contributed by atoms with E-state index in [1.807, 2.05) is 19.0 Å². The van der Waals surface area contributed by atoms with Gasteiger partial charge in [-0.05, 0) is 32.6 Å². The normalized spacial score (nSPS) is 19.1. The Balaban J connectivity index is 2.01. The third-order valence-electron chi connectivity index (χ3n) is 3.49. The summed E-state index contributed by atoms with van der Waals surface area (Å²) in [4.78, 5) is 15.9. The molecule has 1 unspecified atom stereocenters. The first-order valence-corrected chi connectivity index (χ1v) is 6.98. The van der Waals surface area contributed by atoms with Crippen LogP contribution < -0.4 is 0 Å². The SMILES string of the molecule is CN(C)CCC1CN(C(=O)c2ccc(F)cc2F)CCO1. The minimum absolute atomic E-state index is 0.0476. The van der Waals surface area contributed by atoms with E-state index in [1.165, 1.54) is 6.07 Å². The van der Waals surface area contributed by atoms with Crippen molar-refractivity contribution in [2.75, 3.05) is 40.3 Å². The summed E-state index contributed by atoms with van der Waals surface area (Å²) in [6.45, 7) is 2.15. The van der Waals surface area contributed by atoms with Crippen LogP contribution in [0.3, 0.4) is 0 Å². The number of amides is 1. The molecule has 0 bridgehead atoms. The van der Waals surface area contributed by atoms with Crippen molar-refractivity contribution in [3.63, 3.8) is 0 Å². The van der Waals surface area contributed by atoms with Gasteiger partial charge in [-0.15, -0.1) is 0 Å². The van der Waals surface area contributed by atoms with Gasteiger partial charge in [-0.2, -0.15) is 0 Å². The number of hydrogen-bond acceptors (Lipinski definition) is 3. The molecule has 0 N–H and O–H groups in total. The smallest absolute Gasteiger partial charge is 0.256 e. The Hall–Kier alpha value is -1.53. The molecule has 1 fully saturated rings. The minimum Gasteiger partial charge on any atom is -0.374 e. The summed E-state index contributed by atoms with van der Waals surface area (Å²) >= 11 is 0. The van der Waals surface area contributed by atoms with Crippen LogP contribution in [0.15, 0.2) is 18.2 Å². The number of hydrogen-bond donors (Lipinski definition) is 0. The number of carbonyl (C=O) groups is 1. The van der Waals surface area contributed by atoms with Crippen LogP contribution in [0.1, 0.15) is 16.8 Å². The Bertz CT molecular complexity index is 508. The number of halogens is 2. The van der Waals surface area contributed by atoms with Crippen LogP contribution in [0.4, 0.5) is 8.78 Å². The highest BCUT2D eigenvalue weighted by Gasteiger charge is 2.26. The molecule has 116 valence electrons. The van der Waals surface area contributed by atoms with Gasteiger partial charge in [-0.1, -0.05) is 0 Å². The topological polar surface area (TPSA) is 32.8 Å². The maximum absolute atomic E-state index is 13.7. The van der Waals surface area contributed by atoms with Gasteiger partial charge in [0.15, 0.2) is 0 Å². The number of rotatable bonds is 4. The zero-order valence-corrected chi connectivity index (χ0v) is 12.3. The lowest BCUT2D eigenvalue weighted by Crippen LogP contribution is -2.46. The molecular formula is C15H20F2N2O2. The second-order valence-electron chi connectivity index (χ2n) is 5.46. The van der Waals surface area contributed by atoms with Crippen molar-refractivity contribution in [1.82, 2.24) is 9.80 Å². The van der Waals surface area contributed by atoms with Gasteiger partial charge in [0.2, 0.25) is 0 Å². The van der Waals surface area contributed by atoms with Gasteiger partial charge >= 0.3 is 0 Å². The Labute approximate surface area is 123 Å². The molecule has 1 atom stereocenters. The molecular weight excluding hydrogens is 278 g/mol. The number of carbonyl (C=O) groups excluding carboxylic acids is 1. The Morgan fingerprint density at radius 3 is 2.86 bits per heavy atom. The van der Waals surface area contributed by atoms with Gasteiger partial charge in [0, 0.05) is 25.7 Å². The van der Waals surface area contributed by atoms with Gasteiger partial charge in [-0.3, -0.25) is 4.79 Å². The highest BCUT2D eigenvalue weighted by atomic mass is 19.1. The fourth-order valence-electron chi connectivity index (χ4n) is 2.31. The summed E-state index contributed by atoms with van der Waals surface area (Å²) in [7, 11) is 3.94. The highest BCUT2D eigenvalue weighted by Crippen LogP contribution is 2.16. The molecule has 0 radical (unpaired) electrons. The van der Waals surface area contributed by atoms with Crippen LogP contribution in [-0.4, -0.2) is 62.1 Å². The van der Waals surface area contributed by atoms with E-state index in [2.05, 4.69) is 0 Å². The monoisotopic (exact) mass is 298 g/mol. The summed E-state index contributed by atoms with van der Waals surface area (Å²) in [5.41, 5.74) is -0.0929. The van der Waals surface area contributed by atoms with Crippen LogP contribution in [0.2, 0.25) is 0 Å². The Morgan fingerprint density at radius 2 is 2.19 bits per heavy atom. The van der Waals surface area contributed by atoms with E-state index >= 15 is 0 Å². The molecule has 1 aliphatic rings. The van der Waals surface area contributed by atoms with Crippen molar-refractivity contribution in [2.24, 2.45) is 0 Å². The van der Waals surface area contributed by atoms with E-state index in [0.29, 0.717) is 19.7 Å². The zero-order chi connectivity index (χ0) is 15.4. The molecule has 0 spiro atoms. The molecule has 6 heteroatoms. The van der Waals surface area contributed by atoms with Gasteiger partial charge < -0.3 is 14.5 Å². The van der Waals surface area contributed by atoms with E-state index in [1.54, 1.807) is 4.90 Å². The van der Waals surface area contributed by atoms with Gasteiger partial charge in [0.25, 0.3) is 5.91 Å². The summed E-state index contributed by atoms with van der Waals surface area (Å²) in [6.07, 6.45) is 0.761. The van der Waals surface area contributed by atoms with Crippen molar-refractivity contribution in [1.29, 1.82) is 0 Å². The number of nitrogens with zero attached hydrogens (tertiary/aromatic N) is 2. The fraction of sp³-hybridized carbons (Fsp3) is 0.533. The zero-order valence-electron chi connectivity index (χ0n) is 12.3. The lowest BCUT2D eigenvalue weighted by molar-refractivity contribution is -0.0271. The molecule has 1 saturated heterocycles. The molecule has 4 nitrogen and oxygen atoms in total. The van der Waals surface area contributed by atoms with Crippen molar-refractivity contribution in [3.8, 4) is 0 Å². The first-order chi connectivity index (χ1) is 9.97. The number of morpholine rings is 1. The predicted octanol–water partition coefficient (Wildman–Crippen LogP) is 1.76. The summed E-state index contributed by atoms with van der Waals surface area (Å²) in [6, 6.07) is 3.02. The first-order valence-electron chi connectivity index (χ1n) is 6.98. The maximum atomic E-state index is 13.7. The molecule has 0 aliphatic carbocycles. The second-order valence-corrected chi connectivity index (χ2v) is 5.46. The quantitative estimate of drug-likeness (QED) is 0.849. The molecule has 2 rings (SSSR count). The third-order valence-corrected chi connectivity index (χ3v) is 3.49. The Morgan fingerprint density at radius 1 is 1.43 bits per heavy atom. The predicted molar refractivity (Wildman–Crippen MR) is 75.2 cm³/mol. The van der Waals surface area contributed by atoms with Gasteiger partial charge in [0.05, 0.1) is 18.3 Å². The Kier molecular flexibility index (Phi) is 5.25. The van der Waals surface area contributed by atoms with E-state index in [9.17, 15) is 13.6 Å². The van der Waals surface area contributed by atoms with E-state index in [-0.39, 0.29) is 11.7 Å². The molecule has 1 heterocycles. The average Bonchev–Trinajstić information content (AvgIpc) is 2.45. The van der Waals surface area contributed by atoms with Crippen LogP contribution in [-0.2, 0) is 4.74 Å². The molecule has 1 amide bonds. The molecule has 0 saturated carbocycles. The molecule has 1 aromatic rings. The van der Waals surface area contributed by atoms with Crippen molar-refractivity contribution in [2.45, 2.75) is 12.5 Å². The van der Waals surface area contributed by atoms with Crippen molar-refractivity contribution in [3.05, 3.63) is 35.4 Å². The standard InChI is InChI=1S/C15H20F2N2O2/c1-18(2)6-5-12-10-19(7-8-21-12)15(20)13-4-3-11(16)9-14(13)17/h3-4,9,12H,5-8,10H2,1-2H3. The average molecular weight is 298 g/mol. The lowest BCUT2D eigenvalue weighted by Gasteiger charge is -2.33. The van der Waals surface area contributed by atoms with E-state index < -0.39 is 17.5 Å². The van der Waals surface area contributed by atoms with Crippen LogP contribution >= 0.6 is 0 Å². The summed E-state index contributed by atoms with van der Waals surface area (Å²) < 4.78 is 32.2. The molecule has 1 aliphatic heterocycles. The van der Waals surface area contributed by atoms with E-state index in [0.717, 1.165) is 25.1 Å². The lowest BCUT2D eigenvalue weighted by atomic mass is 10.1. The number of benzene rings is 1. The van der Waals surface area contributed by atoms with Gasteiger partial charge in [0.1, 0.15) is 11.6 Å². The number of ether oxygens (including phenoxy) is 1. The largest absolute Gasteiger partial charge is 0.374 e. The van der Waals surface area contributed by atoms with Gasteiger partial charge in [-0.25, -0.2) is 8.78 Å². The second kappa shape index (κ2) is 6.95. The third kappa shape index (κ3) is 4.22. The van der Waals surface area contributed by atoms with Crippen molar-refractivity contribution >= 4 is 5.91 Å². The van der Waals surface area contributed by atoms with Crippen LogP contribution in [0.5, 0.6) is 0 Å². The summed E-state index contributed by atoms with van der Waals surface area (Å²) in [5.74, 6) is -1.92. The highest BCUT2D eigenvalue weighted by molar-refractivity contribution is 5.94. The van der Waals surface area contributed by atoms with Crippen LogP contribution in [0, 0.1) is 11.6 Å².